The summed E-state index contributed by atoms with van der Waals surface area (Å²) in [7, 11) is 0. The van der Waals surface area contributed by atoms with Crippen molar-refractivity contribution < 1.29 is 64.6 Å². The fraction of sp³-hybridized carbons (Fsp3) is 0.786. The summed E-state index contributed by atoms with van der Waals surface area (Å²) >= 11 is 0. The molecule has 1 amide bonds. The van der Waals surface area contributed by atoms with E-state index in [1.165, 1.54) is 12.8 Å². The number of aliphatic hydroxyl groups excluding tert-OH is 8. The van der Waals surface area contributed by atoms with Crippen LogP contribution in [0.3, 0.4) is 0 Å². The molecule has 0 aromatic heterocycles. The van der Waals surface area contributed by atoms with Crippen LogP contribution < -0.4 is 5.32 Å². The van der Waals surface area contributed by atoms with Gasteiger partial charge in [0.1, 0.15) is 48.8 Å². The number of hydrogen-bond donors (Lipinski definition) is 9. The number of aliphatic hydroxyl groups is 8. The fourth-order valence-electron chi connectivity index (χ4n) is 6.42. The molecule has 2 aliphatic heterocycles. The molecular formula is C42H73NO13. The first-order valence-electron chi connectivity index (χ1n) is 20.9. The monoisotopic (exact) mass is 800 g/mol. The molecule has 0 spiro atoms. The first kappa shape index (κ1) is 50.1. The van der Waals surface area contributed by atoms with Gasteiger partial charge in [-0.2, -0.15) is 0 Å². The minimum absolute atomic E-state index is 0.257. The maximum atomic E-state index is 13.0. The highest BCUT2D eigenvalue weighted by Gasteiger charge is 2.50. The predicted octanol–water partition coefficient (Wildman–Crippen LogP) is 2.98. The molecule has 56 heavy (non-hydrogen) atoms. The van der Waals surface area contributed by atoms with Gasteiger partial charge in [0.2, 0.25) is 5.91 Å². The summed E-state index contributed by atoms with van der Waals surface area (Å²) < 4.78 is 22.5. The number of carbonyl (C=O) groups excluding carboxylic acids is 1. The number of allylic oxidation sites excluding steroid dienone is 7. The van der Waals surface area contributed by atoms with E-state index >= 15 is 0 Å². The van der Waals surface area contributed by atoms with Gasteiger partial charge in [0.25, 0.3) is 0 Å². The van der Waals surface area contributed by atoms with E-state index in [4.69, 9.17) is 18.9 Å². The Hall–Kier alpha value is -2.05. The summed E-state index contributed by atoms with van der Waals surface area (Å²) in [5, 5.41) is 86.1. The van der Waals surface area contributed by atoms with Crippen LogP contribution in [0.4, 0.5) is 0 Å². The van der Waals surface area contributed by atoms with Crippen LogP contribution in [-0.4, -0.2) is 140 Å². The summed E-state index contributed by atoms with van der Waals surface area (Å²) in [5.41, 5.74) is 0. The molecule has 14 nitrogen and oxygen atoms in total. The average Bonchev–Trinajstić information content (AvgIpc) is 3.19. The van der Waals surface area contributed by atoms with Gasteiger partial charge in [0.15, 0.2) is 12.6 Å². The minimum Gasteiger partial charge on any atom is -0.394 e. The third-order valence-electron chi connectivity index (χ3n) is 9.95. The van der Waals surface area contributed by atoms with E-state index in [2.05, 4.69) is 55.6 Å². The zero-order valence-electron chi connectivity index (χ0n) is 33.6. The van der Waals surface area contributed by atoms with Crippen molar-refractivity contribution in [2.24, 2.45) is 0 Å². The van der Waals surface area contributed by atoms with Gasteiger partial charge in [-0.3, -0.25) is 4.79 Å². The number of unbranched alkanes of at least 4 members (excludes halogenated alkanes) is 10. The average molecular weight is 800 g/mol. The molecule has 2 rings (SSSR count). The van der Waals surface area contributed by atoms with Gasteiger partial charge < -0.3 is 65.1 Å². The second-order valence-corrected chi connectivity index (χ2v) is 14.7. The quantitative estimate of drug-likeness (QED) is 0.0392. The van der Waals surface area contributed by atoms with Crippen molar-refractivity contribution in [2.45, 2.75) is 190 Å². The smallest absolute Gasteiger partial charge is 0.220 e. The van der Waals surface area contributed by atoms with Gasteiger partial charge in [-0.15, -0.1) is 0 Å². The Morgan fingerprint density at radius 1 is 0.625 bits per heavy atom. The van der Waals surface area contributed by atoms with Gasteiger partial charge in [0, 0.05) is 6.42 Å². The molecule has 2 fully saturated rings. The van der Waals surface area contributed by atoms with Crippen molar-refractivity contribution in [3.8, 4) is 0 Å². The van der Waals surface area contributed by atoms with Crippen LogP contribution in [0.5, 0.6) is 0 Å². The van der Waals surface area contributed by atoms with Gasteiger partial charge in [-0.1, -0.05) is 101 Å². The van der Waals surface area contributed by atoms with Crippen molar-refractivity contribution in [3.05, 3.63) is 48.6 Å². The normalized spacial score (nSPS) is 29.9. The highest BCUT2D eigenvalue weighted by molar-refractivity contribution is 5.76. The first-order valence-corrected chi connectivity index (χ1v) is 20.9. The standard InChI is InChI=1S/C42H73NO13/c1-3-5-7-9-11-13-15-17-19-21-23-25-31(46)30(43-34(47)26-24-22-20-18-16-14-12-10-8-6-4-2)29-53-41-39(52)37(50)40(33(28-45)55-41)56-42-38(51)36(49)35(48)32(27-44)54-42/h7,9-10,12,15,17,23,25,30-33,35-42,44-46,48-52H,3-6,8,11,13-14,16,18-22,24,26-29H2,1-2H3,(H,43,47)/b9-7+,12-10-,17-15+,25-23+. The lowest BCUT2D eigenvalue weighted by molar-refractivity contribution is -0.359. The van der Waals surface area contributed by atoms with Crippen LogP contribution in [-0.2, 0) is 23.7 Å². The van der Waals surface area contributed by atoms with Crippen LogP contribution >= 0.6 is 0 Å². The van der Waals surface area contributed by atoms with E-state index in [0.717, 1.165) is 70.6 Å². The number of hydrogen-bond acceptors (Lipinski definition) is 13. The van der Waals surface area contributed by atoms with Gasteiger partial charge in [-0.25, -0.2) is 0 Å². The number of nitrogens with one attached hydrogen (secondary N) is 1. The second kappa shape index (κ2) is 30.1. The van der Waals surface area contributed by atoms with Gasteiger partial charge in [-0.05, 0) is 57.8 Å². The number of ether oxygens (including phenoxy) is 4. The second-order valence-electron chi connectivity index (χ2n) is 14.7. The Bertz CT molecular complexity index is 1130. The lowest BCUT2D eigenvalue weighted by atomic mass is 9.97. The highest BCUT2D eigenvalue weighted by atomic mass is 16.7. The Morgan fingerprint density at radius 3 is 1.82 bits per heavy atom. The predicted molar refractivity (Wildman–Crippen MR) is 212 cm³/mol. The Labute approximate surface area is 333 Å². The third-order valence-corrected chi connectivity index (χ3v) is 9.95. The fourth-order valence-corrected chi connectivity index (χ4v) is 6.42. The van der Waals surface area contributed by atoms with Gasteiger partial charge in [0.05, 0.1) is 32.0 Å². The van der Waals surface area contributed by atoms with Crippen LogP contribution in [0.15, 0.2) is 48.6 Å². The van der Waals surface area contributed by atoms with Crippen LogP contribution in [0.2, 0.25) is 0 Å². The van der Waals surface area contributed by atoms with Crippen molar-refractivity contribution in [1.82, 2.24) is 5.32 Å². The molecule has 2 aliphatic rings. The topological polar surface area (TPSA) is 228 Å². The van der Waals surface area contributed by atoms with E-state index in [1.807, 2.05) is 6.08 Å². The lowest BCUT2D eigenvalue weighted by Crippen LogP contribution is -2.65. The molecule has 12 unspecified atom stereocenters. The molecule has 12 atom stereocenters. The Balaban J connectivity index is 1.97. The Kier molecular flexibility index (Phi) is 26.9. The molecule has 0 aromatic rings. The highest BCUT2D eigenvalue weighted by Crippen LogP contribution is 2.29. The molecule has 0 radical (unpaired) electrons. The number of carbonyl (C=O) groups is 1. The van der Waals surface area contributed by atoms with Crippen molar-refractivity contribution in [1.29, 1.82) is 0 Å². The summed E-state index contributed by atoms with van der Waals surface area (Å²) in [6.07, 6.45) is 14.7. The molecule has 0 bridgehead atoms. The van der Waals surface area contributed by atoms with Crippen molar-refractivity contribution in [2.75, 3.05) is 19.8 Å². The molecule has 14 heteroatoms. The molecule has 0 saturated carbocycles. The zero-order chi connectivity index (χ0) is 41.1. The van der Waals surface area contributed by atoms with Crippen LogP contribution in [0.25, 0.3) is 0 Å². The summed E-state index contributed by atoms with van der Waals surface area (Å²) in [5.74, 6) is -0.271. The molecule has 2 heterocycles. The number of amides is 1. The maximum absolute atomic E-state index is 13.0. The van der Waals surface area contributed by atoms with Gasteiger partial charge >= 0.3 is 0 Å². The van der Waals surface area contributed by atoms with E-state index in [-0.39, 0.29) is 18.9 Å². The van der Waals surface area contributed by atoms with E-state index < -0.39 is 86.8 Å². The van der Waals surface area contributed by atoms with Crippen LogP contribution in [0, 0.1) is 0 Å². The summed E-state index contributed by atoms with van der Waals surface area (Å²) in [4.78, 5) is 13.0. The summed E-state index contributed by atoms with van der Waals surface area (Å²) in [6, 6.07) is -0.938. The first-order chi connectivity index (χ1) is 27.1. The van der Waals surface area contributed by atoms with E-state index in [9.17, 15) is 45.6 Å². The molecule has 2 saturated heterocycles. The summed E-state index contributed by atoms with van der Waals surface area (Å²) in [6.45, 7) is 2.58. The largest absolute Gasteiger partial charge is 0.394 e. The molecule has 324 valence electrons. The van der Waals surface area contributed by atoms with E-state index in [1.54, 1.807) is 6.08 Å². The molecule has 0 aliphatic carbocycles. The number of rotatable bonds is 29. The van der Waals surface area contributed by atoms with Crippen LogP contribution in [0.1, 0.15) is 117 Å². The zero-order valence-corrected chi connectivity index (χ0v) is 33.6. The molecular weight excluding hydrogens is 726 g/mol. The third kappa shape index (κ3) is 18.7. The van der Waals surface area contributed by atoms with E-state index in [0.29, 0.717) is 12.8 Å². The maximum Gasteiger partial charge on any atom is 0.220 e. The SMILES string of the molecule is CCC/C=C/CC/C=C/CC/C=C/C(O)C(COC1OC(CO)C(OC2OC(CO)C(O)C(O)C2O)C(O)C1O)NC(=O)CCCCCCC/C=C\CCCC. The lowest BCUT2D eigenvalue weighted by Gasteiger charge is -2.46. The Morgan fingerprint density at radius 2 is 1.18 bits per heavy atom. The molecule has 9 N–H and O–H groups in total. The van der Waals surface area contributed by atoms with Crippen molar-refractivity contribution >= 4 is 5.91 Å². The minimum atomic E-state index is -1.79. The molecule has 0 aromatic carbocycles. The van der Waals surface area contributed by atoms with Crippen molar-refractivity contribution in [3.63, 3.8) is 0 Å².